The van der Waals surface area contributed by atoms with E-state index in [0.29, 0.717) is 19.6 Å². The minimum Gasteiger partial charge on any atom is -0.364 e. The zero-order chi connectivity index (χ0) is 17.4. The highest BCUT2D eigenvalue weighted by Gasteiger charge is 2.48. The van der Waals surface area contributed by atoms with Crippen molar-refractivity contribution in [2.24, 2.45) is 0 Å². The molecule has 2 aromatic rings. The minimum atomic E-state index is -3.19. The van der Waals surface area contributed by atoms with Gasteiger partial charge in [-0.1, -0.05) is 11.2 Å². The van der Waals surface area contributed by atoms with Gasteiger partial charge in [0.1, 0.15) is 6.26 Å². The highest BCUT2D eigenvalue weighted by atomic mass is 32.2. The Labute approximate surface area is 145 Å². The van der Waals surface area contributed by atoms with Crippen LogP contribution in [-0.4, -0.2) is 70.9 Å². The Morgan fingerprint density at radius 1 is 1.20 bits per heavy atom. The summed E-state index contributed by atoms with van der Waals surface area (Å²) in [5.41, 5.74) is 1.10. The number of aromatic nitrogens is 2. The van der Waals surface area contributed by atoms with E-state index in [1.165, 1.54) is 12.3 Å². The van der Waals surface area contributed by atoms with Gasteiger partial charge in [0.25, 0.3) is 5.91 Å². The number of piperazine rings is 1. The van der Waals surface area contributed by atoms with Gasteiger partial charge in [-0.2, -0.15) is 0 Å². The first kappa shape index (κ1) is 16.2. The molecule has 2 aliphatic heterocycles. The van der Waals surface area contributed by atoms with E-state index in [0.717, 1.165) is 5.69 Å². The zero-order valence-corrected chi connectivity index (χ0v) is 14.3. The minimum absolute atomic E-state index is 0.0139. The quantitative estimate of drug-likeness (QED) is 0.769. The van der Waals surface area contributed by atoms with E-state index < -0.39 is 9.84 Å². The predicted molar refractivity (Wildman–Crippen MR) is 88.4 cm³/mol. The average Bonchev–Trinajstić information content (AvgIpc) is 3.22. The van der Waals surface area contributed by atoms with Crippen molar-refractivity contribution in [1.82, 2.24) is 19.9 Å². The van der Waals surface area contributed by atoms with Crippen LogP contribution in [0.25, 0.3) is 0 Å². The van der Waals surface area contributed by atoms with Gasteiger partial charge in [0.05, 0.1) is 23.2 Å². The molecule has 2 unspecified atom stereocenters. The van der Waals surface area contributed by atoms with Crippen molar-refractivity contribution in [2.45, 2.75) is 18.6 Å². The van der Waals surface area contributed by atoms with E-state index in [4.69, 9.17) is 4.52 Å². The summed E-state index contributed by atoms with van der Waals surface area (Å²) in [7, 11) is -3.19. The van der Waals surface area contributed by atoms with Crippen LogP contribution in [0.15, 0.2) is 41.2 Å². The fourth-order valence-corrected chi connectivity index (χ4v) is 5.65. The van der Waals surface area contributed by atoms with Crippen LogP contribution in [-0.2, 0) is 16.4 Å². The van der Waals surface area contributed by atoms with Crippen LogP contribution < -0.4 is 0 Å². The van der Waals surface area contributed by atoms with Crippen LogP contribution in [0.2, 0.25) is 0 Å². The van der Waals surface area contributed by atoms with Crippen molar-refractivity contribution in [2.75, 3.05) is 24.6 Å². The molecule has 2 aliphatic rings. The fraction of sp³-hybridized carbons (Fsp3) is 0.438. The molecular formula is C16H18N4O4S. The van der Waals surface area contributed by atoms with Crippen LogP contribution in [0.3, 0.4) is 0 Å². The SMILES string of the molecule is O=C(c1ccon1)N1CCN(Cc2ccccn2)C2CS(=O)(=O)CC21. The summed E-state index contributed by atoms with van der Waals surface area (Å²) in [5, 5.41) is 3.69. The molecule has 25 heavy (non-hydrogen) atoms. The molecule has 9 heteroatoms. The average molecular weight is 362 g/mol. The normalized spacial score (nSPS) is 25.7. The molecule has 0 aliphatic carbocycles. The maximum atomic E-state index is 12.7. The third-order valence-corrected chi connectivity index (χ3v) is 6.50. The van der Waals surface area contributed by atoms with E-state index in [-0.39, 0.29) is 35.2 Å². The number of fused-ring (bicyclic) bond motifs is 1. The largest absolute Gasteiger partial charge is 0.364 e. The first-order chi connectivity index (χ1) is 12.0. The summed E-state index contributed by atoms with van der Waals surface area (Å²) in [6, 6.07) is 6.59. The van der Waals surface area contributed by atoms with Crippen LogP contribution >= 0.6 is 0 Å². The molecule has 4 rings (SSSR count). The summed E-state index contributed by atoms with van der Waals surface area (Å²) >= 11 is 0. The van der Waals surface area contributed by atoms with Gasteiger partial charge in [-0.25, -0.2) is 8.42 Å². The standard InChI is InChI=1S/C16H18N4O4S/c21-16(13-4-8-24-18-13)20-7-6-19(9-12-3-1-2-5-17-12)14-10-25(22,23)11-15(14)20/h1-5,8,14-15H,6-7,9-11H2. The summed E-state index contributed by atoms with van der Waals surface area (Å²) in [4.78, 5) is 20.7. The Morgan fingerprint density at radius 2 is 2.04 bits per heavy atom. The molecule has 8 nitrogen and oxygen atoms in total. The third-order valence-electron chi connectivity index (χ3n) is 4.80. The van der Waals surface area contributed by atoms with Crippen molar-refractivity contribution in [3.63, 3.8) is 0 Å². The van der Waals surface area contributed by atoms with Crippen molar-refractivity contribution in [1.29, 1.82) is 0 Å². The van der Waals surface area contributed by atoms with Gasteiger partial charge in [0.2, 0.25) is 0 Å². The molecule has 2 aromatic heterocycles. The molecule has 0 saturated carbocycles. The van der Waals surface area contributed by atoms with Gasteiger partial charge in [-0.3, -0.25) is 14.7 Å². The first-order valence-electron chi connectivity index (χ1n) is 8.09. The maximum absolute atomic E-state index is 12.7. The lowest BCUT2D eigenvalue weighted by atomic mass is 10.0. The molecule has 0 aromatic carbocycles. The highest BCUT2D eigenvalue weighted by Crippen LogP contribution is 2.29. The van der Waals surface area contributed by atoms with E-state index in [1.807, 2.05) is 18.2 Å². The number of hydrogen-bond acceptors (Lipinski definition) is 7. The molecule has 0 radical (unpaired) electrons. The number of carbonyl (C=O) groups is 1. The number of nitrogens with zero attached hydrogens (tertiary/aromatic N) is 4. The Morgan fingerprint density at radius 3 is 2.76 bits per heavy atom. The van der Waals surface area contributed by atoms with E-state index in [2.05, 4.69) is 15.0 Å². The van der Waals surface area contributed by atoms with Gasteiger partial charge in [-0.05, 0) is 12.1 Å². The summed E-state index contributed by atoms with van der Waals surface area (Å²) in [5.74, 6) is -0.231. The zero-order valence-electron chi connectivity index (χ0n) is 13.5. The predicted octanol–water partition coefficient (Wildman–Crippen LogP) is 0.193. The Bertz CT molecular complexity index is 854. The lowest BCUT2D eigenvalue weighted by Gasteiger charge is -2.43. The molecule has 132 valence electrons. The second-order valence-corrected chi connectivity index (χ2v) is 8.54. The monoisotopic (exact) mass is 362 g/mol. The Hall–Kier alpha value is -2.26. The van der Waals surface area contributed by atoms with Crippen molar-refractivity contribution < 1.29 is 17.7 Å². The topological polar surface area (TPSA) is 96.6 Å². The van der Waals surface area contributed by atoms with Crippen LogP contribution in [0.4, 0.5) is 0 Å². The molecule has 1 amide bonds. The third kappa shape index (κ3) is 3.16. The lowest BCUT2D eigenvalue weighted by molar-refractivity contribution is 0.0295. The van der Waals surface area contributed by atoms with Gasteiger partial charge < -0.3 is 9.42 Å². The second-order valence-electron chi connectivity index (χ2n) is 6.39. The number of rotatable bonds is 3. The summed E-state index contributed by atoms with van der Waals surface area (Å²) in [6.45, 7) is 1.62. The molecule has 2 fully saturated rings. The van der Waals surface area contributed by atoms with Crippen LogP contribution in [0.1, 0.15) is 16.2 Å². The maximum Gasteiger partial charge on any atom is 0.276 e. The molecule has 2 saturated heterocycles. The number of carbonyl (C=O) groups excluding carboxylic acids is 1. The Kier molecular flexibility index (Phi) is 4.04. The van der Waals surface area contributed by atoms with Crippen molar-refractivity contribution in [3.05, 3.63) is 48.1 Å². The number of sulfone groups is 1. The molecule has 2 atom stereocenters. The van der Waals surface area contributed by atoms with Gasteiger partial charge in [0.15, 0.2) is 15.5 Å². The lowest BCUT2D eigenvalue weighted by Crippen LogP contribution is -2.60. The fourth-order valence-electron chi connectivity index (χ4n) is 3.64. The Balaban J connectivity index is 1.59. The van der Waals surface area contributed by atoms with E-state index >= 15 is 0 Å². The summed E-state index contributed by atoms with van der Waals surface area (Å²) < 4.78 is 29.2. The molecule has 0 N–H and O–H groups in total. The van der Waals surface area contributed by atoms with Gasteiger partial charge in [-0.15, -0.1) is 0 Å². The van der Waals surface area contributed by atoms with E-state index in [1.54, 1.807) is 11.1 Å². The van der Waals surface area contributed by atoms with Crippen molar-refractivity contribution in [3.8, 4) is 0 Å². The van der Waals surface area contributed by atoms with Crippen LogP contribution in [0, 0.1) is 0 Å². The highest BCUT2D eigenvalue weighted by molar-refractivity contribution is 7.91. The van der Waals surface area contributed by atoms with Crippen LogP contribution in [0.5, 0.6) is 0 Å². The number of pyridine rings is 1. The number of amides is 1. The smallest absolute Gasteiger partial charge is 0.276 e. The molecule has 0 bridgehead atoms. The molecule has 4 heterocycles. The second kappa shape index (κ2) is 6.23. The summed E-state index contributed by atoms with van der Waals surface area (Å²) in [6.07, 6.45) is 3.07. The number of hydrogen-bond donors (Lipinski definition) is 0. The van der Waals surface area contributed by atoms with Gasteiger partial charge >= 0.3 is 0 Å². The van der Waals surface area contributed by atoms with Crippen molar-refractivity contribution >= 4 is 15.7 Å². The molecular weight excluding hydrogens is 344 g/mol. The van der Waals surface area contributed by atoms with Gasteiger partial charge in [0, 0.05) is 37.9 Å². The van der Waals surface area contributed by atoms with E-state index in [9.17, 15) is 13.2 Å². The first-order valence-corrected chi connectivity index (χ1v) is 9.91. The molecule has 0 spiro atoms.